The normalized spacial score (nSPS) is 16.1. The van der Waals surface area contributed by atoms with E-state index in [0.29, 0.717) is 18.9 Å². The van der Waals surface area contributed by atoms with E-state index in [1.807, 2.05) is 24.3 Å². The molecule has 0 bridgehead atoms. The fraction of sp³-hybridized carbons (Fsp3) is 0.409. The van der Waals surface area contributed by atoms with Crippen molar-refractivity contribution in [3.05, 3.63) is 63.7 Å². The molecule has 1 saturated heterocycles. The van der Waals surface area contributed by atoms with Crippen LogP contribution in [0.25, 0.3) is 0 Å². The second-order valence-electron chi connectivity index (χ2n) is 8.59. The number of nitro benzene ring substituents is 1. The molecule has 1 N–H and O–H groups in total. The molecule has 172 valence electrons. The molecule has 0 saturated carbocycles. The summed E-state index contributed by atoms with van der Waals surface area (Å²) in [7, 11) is -3.84. The van der Waals surface area contributed by atoms with E-state index in [-0.39, 0.29) is 34.8 Å². The minimum absolute atomic E-state index is 0.0335. The summed E-state index contributed by atoms with van der Waals surface area (Å²) in [5, 5.41) is 15.9. The third-order valence-electron chi connectivity index (χ3n) is 5.29. The Kier molecular flexibility index (Phi) is 6.97. The summed E-state index contributed by atoms with van der Waals surface area (Å²) < 4.78 is 32.1. The van der Waals surface area contributed by atoms with Gasteiger partial charge in [-0.1, -0.05) is 45.0 Å². The van der Waals surface area contributed by atoms with Crippen molar-refractivity contribution >= 4 is 27.1 Å². The van der Waals surface area contributed by atoms with Gasteiger partial charge in [0.15, 0.2) is 0 Å². The molecule has 0 aromatic heterocycles. The number of hydrogen-bond acceptors (Lipinski definition) is 7. The molecule has 1 aliphatic rings. The fourth-order valence-corrected chi connectivity index (χ4v) is 4.70. The molecular formula is C22H28N4O5S. The molecule has 1 fully saturated rings. The van der Waals surface area contributed by atoms with Crippen molar-refractivity contribution in [3.63, 3.8) is 0 Å². The Hall–Kier alpha value is -2.82. The number of anilines is 1. The number of hydrogen-bond donors (Lipinski definition) is 1. The molecule has 3 rings (SSSR count). The van der Waals surface area contributed by atoms with Crippen LogP contribution >= 0.6 is 0 Å². The summed E-state index contributed by atoms with van der Waals surface area (Å²) in [6.45, 7) is 9.21. The molecule has 10 heteroatoms. The van der Waals surface area contributed by atoms with Crippen LogP contribution < -0.4 is 5.43 Å². The predicted octanol–water partition coefficient (Wildman–Crippen LogP) is 3.75. The number of nitrogens with zero attached hydrogens (tertiary/aromatic N) is 3. The first kappa shape index (κ1) is 23.8. The Morgan fingerprint density at radius 3 is 2.31 bits per heavy atom. The average molecular weight is 461 g/mol. The SMILES string of the molecule is C/C(=N\Nc1ccc(S(=O)(=O)N2CCOCC2)cc1[N+](=O)[O-])c1ccc(C(C)(C)C)cc1. The third kappa shape index (κ3) is 5.32. The van der Waals surface area contributed by atoms with Crippen LogP contribution in [0.2, 0.25) is 0 Å². The lowest BCUT2D eigenvalue weighted by Crippen LogP contribution is -2.40. The third-order valence-corrected chi connectivity index (χ3v) is 7.18. The molecule has 2 aromatic rings. The lowest BCUT2D eigenvalue weighted by atomic mass is 9.86. The Morgan fingerprint density at radius 2 is 1.75 bits per heavy atom. The maximum atomic E-state index is 12.8. The van der Waals surface area contributed by atoms with Crippen LogP contribution in [0.5, 0.6) is 0 Å². The van der Waals surface area contributed by atoms with Gasteiger partial charge in [0.2, 0.25) is 10.0 Å². The van der Waals surface area contributed by atoms with Crippen molar-refractivity contribution in [2.75, 3.05) is 31.7 Å². The van der Waals surface area contributed by atoms with Crippen molar-refractivity contribution in [1.29, 1.82) is 0 Å². The van der Waals surface area contributed by atoms with Gasteiger partial charge >= 0.3 is 0 Å². The molecule has 32 heavy (non-hydrogen) atoms. The molecule has 0 atom stereocenters. The van der Waals surface area contributed by atoms with Crippen molar-refractivity contribution in [2.24, 2.45) is 5.10 Å². The van der Waals surface area contributed by atoms with Crippen molar-refractivity contribution in [2.45, 2.75) is 38.0 Å². The van der Waals surface area contributed by atoms with Crippen molar-refractivity contribution in [1.82, 2.24) is 4.31 Å². The highest BCUT2D eigenvalue weighted by molar-refractivity contribution is 7.89. The zero-order valence-electron chi connectivity index (χ0n) is 18.7. The van der Waals surface area contributed by atoms with Gasteiger partial charge in [0, 0.05) is 19.2 Å². The molecule has 0 radical (unpaired) electrons. The van der Waals surface area contributed by atoms with Gasteiger partial charge in [-0.05, 0) is 35.6 Å². The van der Waals surface area contributed by atoms with Gasteiger partial charge in [-0.25, -0.2) is 8.42 Å². The van der Waals surface area contributed by atoms with E-state index >= 15 is 0 Å². The zero-order chi connectivity index (χ0) is 23.5. The highest BCUT2D eigenvalue weighted by Gasteiger charge is 2.29. The van der Waals surface area contributed by atoms with E-state index in [2.05, 4.69) is 31.3 Å². The van der Waals surface area contributed by atoms with Crippen LogP contribution in [0.1, 0.15) is 38.8 Å². The summed E-state index contributed by atoms with van der Waals surface area (Å²) in [4.78, 5) is 10.9. The zero-order valence-corrected chi connectivity index (χ0v) is 19.5. The Morgan fingerprint density at radius 1 is 1.12 bits per heavy atom. The first-order valence-electron chi connectivity index (χ1n) is 10.3. The van der Waals surface area contributed by atoms with Crippen LogP contribution in [0.3, 0.4) is 0 Å². The predicted molar refractivity (Wildman–Crippen MR) is 124 cm³/mol. The minimum atomic E-state index is -3.84. The van der Waals surface area contributed by atoms with Gasteiger partial charge in [-0.2, -0.15) is 9.41 Å². The number of benzene rings is 2. The molecule has 0 amide bonds. The van der Waals surface area contributed by atoms with Crippen LogP contribution in [-0.2, 0) is 20.2 Å². The van der Waals surface area contributed by atoms with Gasteiger partial charge in [0.1, 0.15) is 5.69 Å². The van der Waals surface area contributed by atoms with E-state index in [1.54, 1.807) is 6.92 Å². The fourth-order valence-electron chi connectivity index (χ4n) is 3.27. The number of ether oxygens (including phenoxy) is 1. The lowest BCUT2D eigenvalue weighted by Gasteiger charge is -2.26. The summed E-state index contributed by atoms with van der Waals surface area (Å²) in [5.41, 5.74) is 5.21. The summed E-state index contributed by atoms with van der Waals surface area (Å²) >= 11 is 0. The Bertz CT molecular complexity index is 1120. The van der Waals surface area contributed by atoms with Gasteiger partial charge in [-0.3, -0.25) is 15.5 Å². The number of nitro groups is 1. The minimum Gasteiger partial charge on any atom is -0.379 e. The maximum Gasteiger partial charge on any atom is 0.295 e. The van der Waals surface area contributed by atoms with Crippen LogP contribution in [0.15, 0.2) is 52.5 Å². The van der Waals surface area contributed by atoms with Gasteiger partial charge in [0.25, 0.3) is 5.69 Å². The number of sulfonamides is 1. The smallest absolute Gasteiger partial charge is 0.295 e. The van der Waals surface area contributed by atoms with Gasteiger partial charge in [0.05, 0.1) is 28.7 Å². The number of nitrogens with one attached hydrogen (secondary N) is 1. The quantitative estimate of drug-likeness (QED) is 0.399. The van der Waals surface area contributed by atoms with E-state index in [0.717, 1.165) is 11.6 Å². The van der Waals surface area contributed by atoms with Crippen LogP contribution in [0, 0.1) is 10.1 Å². The summed E-state index contributed by atoms with van der Waals surface area (Å²) in [6, 6.07) is 11.7. The van der Waals surface area contributed by atoms with Gasteiger partial charge < -0.3 is 4.74 Å². The lowest BCUT2D eigenvalue weighted by molar-refractivity contribution is -0.384. The number of hydrazone groups is 1. The maximum absolute atomic E-state index is 12.8. The largest absolute Gasteiger partial charge is 0.379 e. The molecule has 0 aliphatic carbocycles. The standard InChI is InChI=1S/C22H28N4O5S/c1-16(17-5-7-18(8-6-17)22(2,3)4)23-24-20-10-9-19(15-21(20)26(27)28)32(29,30)25-11-13-31-14-12-25/h5-10,15,24H,11-14H2,1-4H3/b23-16+. The number of rotatable bonds is 6. The Labute approximate surface area is 188 Å². The van der Waals surface area contributed by atoms with Gasteiger partial charge in [-0.15, -0.1) is 0 Å². The monoisotopic (exact) mass is 460 g/mol. The molecule has 0 unspecified atom stereocenters. The number of morpholine rings is 1. The molecule has 0 spiro atoms. The molecule has 2 aromatic carbocycles. The van der Waals surface area contributed by atoms with Crippen molar-refractivity contribution < 1.29 is 18.1 Å². The van der Waals surface area contributed by atoms with E-state index in [1.165, 1.54) is 22.0 Å². The summed E-state index contributed by atoms with van der Waals surface area (Å²) in [5.74, 6) is 0. The molecule has 1 heterocycles. The molecular weight excluding hydrogens is 432 g/mol. The summed E-state index contributed by atoms with van der Waals surface area (Å²) in [6.07, 6.45) is 0. The highest BCUT2D eigenvalue weighted by atomic mass is 32.2. The van der Waals surface area contributed by atoms with E-state index < -0.39 is 14.9 Å². The van der Waals surface area contributed by atoms with Crippen LogP contribution in [0.4, 0.5) is 11.4 Å². The van der Waals surface area contributed by atoms with Crippen molar-refractivity contribution in [3.8, 4) is 0 Å². The van der Waals surface area contributed by atoms with E-state index in [4.69, 9.17) is 4.74 Å². The second kappa shape index (κ2) is 9.35. The highest BCUT2D eigenvalue weighted by Crippen LogP contribution is 2.29. The average Bonchev–Trinajstić information content (AvgIpc) is 2.77. The first-order valence-corrected chi connectivity index (χ1v) is 11.7. The molecule has 1 aliphatic heterocycles. The first-order chi connectivity index (χ1) is 15.0. The molecule has 9 nitrogen and oxygen atoms in total. The topological polar surface area (TPSA) is 114 Å². The van der Waals surface area contributed by atoms with Crippen LogP contribution in [-0.4, -0.2) is 49.7 Å². The Balaban J connectivity index is 1.84. The second-order valence-corrected chi connectivity index (χ2v) is 10.5. The van der Waals surface area contributed by atoms with E-state index in [9.17, 15) is 18.5 Å².